The number of ether oxygens (including phenoxy) is 1. The molecule has 1 aliphatic rings. The summed E-state index contributed by atoms with van der Waals surface area (Å²) in [4.78, 5) is 23.7. The van der Waals surface area contributed by atoms with Gasteiger partial charge in [-0.1, -0.05) is 0 Å². The summed E-state index contributed by atoms with van der Waals surface area (Å²) >= 11 is 0. The summed E-state index contributed by atoms with van der Waals surface area (Å²) in [5.74, 6) is 0.561. The largest absolute Gasteiger partial charge is 0.465 e. The van der Waals surface area contributed by atoms with Crippen LogP contribution in [0.4, 0.5) is 9.59 Å². The number of piperidine rings is 1. The summed E-state index contributed by atoms with van der Waals surface area (Å²) in [6.45, 7) is 9.28. The lowest BCUT2D eigenvalue weighted by molar-refractivity contribution is 0.0527. The quantitative estimate of drug-likeness (QED) is 0.623. The zero-order valence-corrected chi connectivity index (χ0v) is 14.6. The predicted octanol–water partition coefficient (Wildman–Crippen LogP) is 2.27. The average Bonchev–Trinajstić information content (AvgIpc) is 2.45. The fourth-order valence-electron chi connectivity index (χ4n) is 2.51. The number of amides is 2. The molecule has 1 rings (SSSR count). The third-order valence-electron chi connectivity index (χ3n) is 3.77. The molecule has 0 atom stereocenters. The van der Waals surface area contributed by atoms with Gasteiger partial charge < -0.3 is 25.4 Å². The Morgan fingerprint density at radius 1 is 1.17 bits per heavy atom. The van der Waals surface area contributed by atoms with Crippen LogP contribution in [0.2, 0.25) is 0 Å². The number of rotatable bonds is 7. The number of carbonyl (C=O) groups excluding carboxylic acids is 1. The Bertz CT molecular complexity index is 374. The number of hydrogen-bond acceptors (Lipinski definition) is 4. The first-order valence-electron chi connectivity index (χ1n) is 8.43. The Labute approximate surface area is 138 Å². The molecule has 2 amide bonds. The molecular weight excluding hydrogens is 298 g/mol. The summed E-state index contributed by atoms with van der Waals surface area (Å²) in [5.41, 5.74) is -0.456. The van der Waals surface area contributed by atoms with E-state index in [2.05, 4.69) is 10.6 Å². The lowest BCUT2D eigenvalue weighted by Crippen LogP contribution is -2.40. The Kier molecular flexibility index (Phi) is 8.16. The number of likely N-dealkylation sites (tertiary alicyclic amines) is 1. The number of nitrogens with zero attached hydrogens (tertiary/aromatic N) is 1. The molecule has 1 saturated heterocycles. The number of nitrogens with one attached hydrogen (secondary N) is 2. The molecule has 0 aromatic rings. The Morgan fingerprint density at radius 2 is 1.78 bits per heavy atom. The zero-order valence-electron chi connectivity index (χ0n) is 14.6. The standard InChI is InChI=1S/C16H31N3O4/c1-16(2,3)23-14(20)18-9-5-4-8-17-12-13-6-10-19(11-7-13)15(21)22/h13,17H,4-12H2,1-3H3,(H,18,20)(H,21,22). The van der Waals surface area contributed by atoms with Gasteiger partial charge in [-0.05, 0) is 65.5 Å². The zero-order chi connectivity index (χ0) is 17.3. The highest BCUT2D eigenvalue weighted by atomic mass is 16.6. The van der Waals surface area contributed by atoms with E-state index >= 15 is 0 Å². The van der Waals surface area contributed by atoms with Crippen molar-refractivity contribution < 1.29 is 19.4 Å². The van der Waals surface area contributed by atoms with Gasteiger partial charge in [0.25, 0.3) is 0 Å². The number of hydrogen-bond donors (Lipinski definition) is 3. The molecule has 1 fully saturated rings. The van der Waals surface area contributed by atoms with Crippen LogP contribution in [0.5, 0.6) is 0 Å². The monoisotopic (exact) mass is 329 g/mol. The highest BCUT2D eigenvalue weighted by Crippen LogP contribution is 2.16. The first-order valence-corrected chi connectivity index (χ1v) is 8.43. The molecule has 134 valence electrons. The van der Waals surface area contributed by atoms with Crippen LogP contribution in [0.3, 0.4) is 0 Å². The highest BCUT2D eigenvalue weighted by Gasteiger charge is 2.21. The second-order valence-electron chi connectivity index (χ2n) is 7.05. The van der Waals surface area contributed by atoms with Crippen LogP contribution in [0.25, 0.3) is 0 Å². The number of carbonyl (C=O) groups is 2. The summed E-state index contributed by atoms with van der Waals surface area (Å²) in [5, 5.41) is 15.1. The van der Waals surface area contributed by atoms with E-state index in [4.69, 9.17) is 9.84 Å². The minimum atomic E-state index is -0.811. The lowest BCUT2D eigenvalue weighted by Gasteiger charge is -2.30. The molecule has 0 bridgehead atoms. The fraction of sp³-hybridized carbons (Fsp3) is 0.875. The minimum absolute atomic E-state index is 0.365. The van der Waals surface area contributed by atoms with Crippen LogP contribution in [0.15, 0.2) is 0 Å². The van der Waals surface area contributed by atoms with Crippen molar-refractivity contribution in [3.05, 3.63) is 0 Å². The van der Waals surface area contributed by atoms with Gasteiger partial charge in [0.1, 0.15) is 5.60 Å². The second kappa shape index (κ2) is 9.60. The molecule has 23 heavy (non-hydrogen) atoms. The molecule has 0 aromatic carbocycles. The molecule has 1 heterocycles. The van der Waals surface area contributed by atoms with Crippen molar-refractivity contribution in [2.75, 3.05) is 32.7 Å². The smallest absolute Gasteiger partial charge is 0.407 e. The summed E-state index contributed by atoms with van der Waals surface area (Å²) in [7, 11) is 0. The van der Waals surface area contributed by atoms with Crippen molar-refractivity contribution in [2.24, 2.45) is 5.92 Å². The lowest BCUT2D eigenvalue weighted by atomic mass is 9.97. The number of unbranched alkanes of at least 4 members (excludes halogenated alkanes) is 1. The van der Waals surface area contributed by atoms with Gasteiger partial charge in [-0.3, -0.25) is 0 Å². The highest BCUT2D eigenvalue weighted by molar-refractivity contribution is 5.67. The minimum Gasteiger partial charge on any atom is -0.465 e. The van der Waals surface area contributed by atoms with Crippen molar-refractivity contribution in [1.82, 2.24) is 15.5 Å². The third-order valence-corrected chi connectivity index (χ3v) is 3.77. The fourth-order valence-corrected chi connectivity index (χ4v) is 2.51. The molecule has 0 radical (unpaired) electrons. The van der Waals surface area contributed by atoms with Crippen LogP contribution < -0.4 is 10.6 Å². The van der Waals surface area contributed by atoms with Gasteiger partial charge in [0.05, 0.1) is 0 Å². The molecule has 0 aliphatic carbocycles. The SMILES string of the molecule is CC(C)(C)OC(=O)NCCCCNCC1CCN(C(=O)O)CC1. The maximum Gasteiger partial charge on any atom is 0.407 e. The first kappa shape index (κ1) is 19.5. The second-order valence-corrected chi connectivity index (χ2v) is 7.05. The van der Waals surface area contributed by atoms with E-state index in [1.54, 1.807) is 0 Å². The Hall–Kier alpha value is -1.50. The molecule has 0 aromatic heterocycles. The van der Waals surface area contributed by atoms with Crippen molar-refractivity contribution in [3.63, 3.8) is 0 Å². The van der Waals surface area contributed by atoms with Gasteiger partial charge in [0.2, 0.25) is 0 Å². The molecule has 3 N–H and O–H groups in total. The van der Waals surface area contributed by atoms with Crippen LogP contribution in [-0.4, -0.2) is 60.5 Å². The van der Waals surface area contributed by atoms with Gasteiger partial charge in [-0.2, -0.15) is 0 Å². The van der Waals surface area contributed by atoms with E-state index in [9.17, 15) is 9.59 Å². The van der Waals surface area contributed by atoms with Crippen molar-refractivity contribution in [1.29, 1.82) is 0 Å². The first-order chi connectivity index (χ1) is 10.8. The third kappa shape index (κ3) is 9.28. The normalized spacial score (nSPS) is 16.2. The molecule has 7 nitrogen and oxygen atoms in total. The average molecular weight is 329 g/mol. The van der Waals surface area contributed by atoms with Gasteiger partial charge in [0, 0.05) is 19.6 Å². The summed E-state index contributed by atoms with van der Waals surface area (Å²) in [6, 6.07) is 0. The summed E-state index contributed by atoms with van der Waals surface area (Å²) in [6.07, 6.45) is 2.58. The predicted molar refractivity (Wildman–Crippen MR) is 88.7 cm³/mol. The van der Waals surface area contributed by atoms with E-state index in [-0.39, 0.29) is 6.09 Å². The topological polar surface area (TPSA) is 90.9 Å². The molecule has 0 saturated carbocycles. The number of carboxylic acid groups (broad SMARTS) is 1. The van der Waals surface area contributed by atoms with Gasteiger partial charge in [-0.15, -0.1) is 0 Å². The van der Waals surface area contributed by atoms with Crippen LogP contribution in [0, 0.1) is 5.92 Å². The van der Waals surface area contributed by atoms with E-state index < -0.39 is 11.7 Å². The van der Waals surface area contributed by atoms with Gasteiger partial charge >= 0.3 is 12.2 Å². The molecule has 1 aliphatic heterocycles. The van der Waals surface area contributed by atoms with Gasteiger partial charge in [-0.25, -0.2) is 9.59 Å². The van der Waals surface area contributed by atoms with Crippen molar-refractivity contribution in [3.8, 4) is 0 Å². The van der Waals surface area contributed by atoms with E-state index in [0.29, 0.717) is 25.6 Å². The maximum atomic E-state index is 11.4. The van der Waals surface area contributed by atoms with Crippen LogP contribution in [-0.2, 0) is 4.74 Å². The van der Waals surface area contributed by atoms with Gasteiger partial charge in [0.15, 0.2) is 0 Å². The number of alkyl carbamates (subject to hydrolysis) is 1. The van der Waals surface area contributed by atoms with Crippen molar-refractivity contribution in [2.45, 2.75) is 52.1 Å². The summed E-state index contributed by atoms with van der Waals surface area (Å²) < 4.78 is 5.16. The Balaban J connectivity index is 1.94. The van der Waals surface area contributed by atoms with E-state index in [0.717, 1.165) is 38.8 Å². The molecule has 0 unspecified atom stereocenters. The maximum absolute atomic E-state index is 11.4. The van der Waals surface area contributed by atoms with Crippen LogP contribution >= 0.6 is 0 Å². The van der Waals surface area contributed by atoms with E-state index in [1.807, 2.05) is 20.8 Å². The molecule has 0 spiro atoms. The Morgan fingerprint density at radius 3 is 2.35 bits per heavy atom. The van der Waals surface area contributed by atoms with E-state index in [1.165, 1.54) is 4.90 Å². The molecule has 7 heteroatoms. The van der Waals surface area contributed by atoms with Crippen molar-refractivity contribution >= 4 is 12.2 Å². The molecular formula is C16H31N3O4. The van der Waals surface area contributed by atoms with Crippen LogP contribution in [0.1, 0.15) is 46.5 Å².